The van der Waals surface area contributed by atoms with Gasteiger partial charge in [-0.3, -0.25) is 4.79 Å². The Labute approximate surface area is 96.2 Å². The van der Waals surface area contributed by atoms with Crippen LogP contribution in [0.25, 0.3) is 0 Å². The molecule has 0 aliphatic carbocycles. The summed E-state index contributed by atoms with van der Waals surface area (Å²) in [6, 6.07) is 0.349. The molecule has 2 aliphatic heterocycles. The second kappa shape index (κ2) is 5.12. The first-order valence-electron chi connectivity index (χ1n) is 6.07. The number of piperazine rings is 1. The zero-order chi connectivity index (χ0) is 11.5. The lowest BCUT2D eigenvalue weighted by Gasteiger charge is -2.31. The first kappa shape index (κ1) is 11.8. The van der Waals surface area contributed by atoms with Crippen LogP contribution in [-0.2, 0) is 4.79 Å². The predicted molar refractivity (Wildman–Crippen MR) is 61.0 cm³/mol. The number of likely N-dealkylation sites (tertiary alicyclic amines) is 1. The summed E-state index contributed by atoms with van der Waals surface area (Å²) < 4.78 is 0. The lowest BCUT2D eigenvalue weighted by atomic mass is 10.1. The van der Waals surface area contributed by atoms with Gasteiger partial charge in [-0.1, -0.05) is 0 Å². The van der Waals surface area contributed by atoms with Gasteiger partial charge < -0.3 is 20.6 Å². The Morgan fingerprint density at radius 3 is 2.81 bits per heavy atom. The van der Waals surface area contributed by atoms with Crippen LogP contribution in [0.15, 0.2) is 0 Å². The molecule has 0 aromatic rings. The number of carbonyl (C=O) groups excluding carboxylic acids is 1. The second-order valence-corrected chi connectivity index (χ2v) is 4.89. The molecule has 0 spiro atoms. The standard InChI is InChI=1S/C11H21N3O2/c1-8-4-13-10(5-12-8)11(16)14-3-2-9(6-14)7-15/h8-10,12-13,15H,2-7H2,1H3. The van der Waals surface area contributed by atoms with Gasteiger partial charge in [0.1, 0.15) is 0 Å². The number of carbonyl (C=O) groups is 1. The third kappa shape index (κ3) is 2.53. The highest BCUT2D eigenvalue weighted by atomic mass is 16.3. The van der Waals surface area contributed by atoms with Crippen molar-refractivity contribution in [1.82, 2.24) is 15.5 Å². The fourth-order valence-corrected chi connectivity index (χ4v) is 2.36. The van der Waals surface area contributed by atoms with Gasteiger partial charge in [0.05, 0.1) is 6.04 Å². The molecule has 5 heteroatoms. The fraction of sp³-hybridized carbons (Fsp3) is 0.909. The van der Waals surface area contributed by atoms with Crippen LogP contribution in [-0.4, -0.2) is 60.8 Å². The maximum absolute atomic E-state index is 12.1. The molecule has 0 bridgehead atoms. The number of nitrogens with one attached hydrogen (secondary N) is 2. The molecule has 2 saturated heterocycles. The van der Waals surface area contributed by atoms with Crippen molar-refractivity contribution >= 4 is 5.91 Å². The summed E-state index contributed by atoms with van der Waals surface area (Å²) in [6.07, 6.45) is 0.929. The minimum Gasteiger partial charge on any atom is -0.396 e. The molecule has 3 N–H and O–H groups in total. The normalized spacial score (nSPS) is 35.4. The summed E-state index contributed by atoms with van der Waals surface area (Å²) in [5.74, 6) is 0.453. The van der Waals surface area contributed by atoms with Crippen LogP contribution in [0.5, 0.6) is 0 Å². The molecule has 2 heterocycles. The molecule has 2 rings (SSSR count). The Kier molecular flexibility index (Phi) is 3.78. The van der Waals surface area contributed by atoms with E-state index in [2.05, 4.69) is 17.6 Å². The van der Waals surface area contributed by atoms with Crippen molar-refractivity contribution in [3.8, 4) is 0 Å². The average molecular weight is 227 g/mol. The predicted octanol–water partition coefficient (Wildman–Crippen LogP) is -1.22. The quantitative estimate of drug-likeness (QED) is 0.553. The van der Waals surface area contributed by atoms with Gasteiger partial charge >= 0.3 is 0 Å². The Balaban J connectivity index is 1.83. The van der Waals surface area contributed by atoms with Crippen LogP contribution < -0.4 is 10.6 Å². The van der Waals surface area contributed by atoms with Gasteiger partial charge in [0, 0.05) is 44.7 Å². The van der Waals surface area contributed by atoms with Crippen LogP contribution in [0.1, 0.15) is 13.3 Å². The van der Waals surface area contributed by atoms with Crippen molar-refractivity contribution in [2.45, 2.75) is 25.4 Å². The van der Waals surface area contributed by atoms with Crippen LogP contribution in [0.3, 0.4) is 0 Å². The van der Waals surface area contributed by atoms with Crippen molar-refractivity contribution in [3.63, 3.8) is 0 Å². The lowest BCUT2D eigenvalue weighted by molar-refractivity contribution is -0.132. The van der Waals surface area contributed by atoms with Crippen LogP contribution >= 0.6 is 0 Å². The molecule has 3 atom stereocenters. The highest BCUT2D eigenvalue weighted by Crippen LogP contribution is 2.16. The second-order valence-electron chi connectivity index (χ2n) is 4.89. The van der Waals surface area contributed by atoms with Crippen molar-refractivity contribution in [2.24, 2.45) is 5.92 Å². The Morgan fingerprint density at radius 1 is 1.44 bits per heavy atom. The monoisotopic (exact) mass is 227 g/mol. The number of aliphatic hydroxyl groups excluding tert-OH is 1. The Bertz CT molecular complexity index is 248. The summed E-state index contributed by atoms with van der Waals surface area (Å²) in [6.45, 7) is 5.34. The molecular formula is C11H21N3O2. The summed E-state index contributed by atoms with van der Waals surface area (Å²) >= 11 is 0. The molecular weight excluding hydrogens is 206 g/mol. The van der Waals surface area contributed by atoms with E-state index in [0.29, 0.717) is 19.1 Å². The molecule has 3 unspecified atom stereocenters. The van der Waals surface area contributed by atoms with E-state index in [1.807, 2.05) is 4.90 Å². The summed E-state index contributed by atoms with van der Waals surface area (Å²) in [5, 5.41) is 15.6. The first-order valence-corrected chi connectivity index (χ1v) is 6.07. The fourth-order valence-electron chi connectivity index (χ4n) is 2.36. The van der Waals surface area contributed by atoms with Gasteiger partial charge in [-0.05, 0) is 13.3 Å². The van der Waals surface area contributed by atoms with Crippen molar-refractivity contribution in [2.75, 3.05) is 32.8 Å². The first-order chi connectivity index (χ1) is 7.70. The van der Waals surface area contributed by atoms with Crippen molar-refractivity contribution < 1.29 is 9.90 Å². The zero-order valence-corrected chi connectivity index (χ0v) is 9.78. The number of amides is 1. The van der Waals surface area contributed by atoms with Gasteiger partial charge in [0.15, 0.2) is 0 Å². The van der Waals surface area contributed by atoms with E-state index >= 15 is 0 Å². The SMILES string of the molecule is CC1CNC(C(=O)N2CCC(CO)C2)CN1. The van der Waals surface area contributed by atoms with Gasteiger partial charge in [-0.2, -0.15) is 0 Å². The van der Waals surface area contributed by atoms with E-state index in [-0.39, 0.29) is 24.5 Å². The van der Waals surface area contributed by atoms with Crippen LogP contribution in [0.2, 0.25) is 0 Å². The van der Waals surface area contributed by atoms with Crippen molar-refractivity contribution in [3.05, 3.63) is 0 Å². The zero-order valence-electron chi connectivity index (χ0n) is 9.78. The van der Waals surface area contributed by atoms with E-state index in [0.717, 1.165) is 19.5 Å². The number of aliphatic hydroxyl groups is 1. The van der Waals surface area contributed by atoms with E-state index in [4.69, 9.17) is 5.11 Å². The molecule has 2 aliphatic rings. The van der Waals surface area contributed by atoms with Crippen molar-refractivity contribution in [1.29, 1.82) is 0 Å². The molecule has 0 aromatic carbocycles. The highest BCUT2D eigenvalue weighted by Gasteiger charge is 2.31. The molecule has 0 saturated carbocycles. The Morgan fingerprint density at radius 2 is 2.25 bits per heavy atom. The van der Waals surface area contributed by atoms with Crippen LogP contribution in [0.4, 0.5) is 0 Å². The third-order valence-electron chi connectivity index (χ3n) is 3.49. The minimum atomic E-state index is -0.0892. The molecule has 16 heavy (non-hydrogen) atoms. The van der Waals surface area contributed by atoms with E-state index < -0.39 is 0 Å². The summed E-state index contributed by atoms with van der Waals surface area (Å²) in [5.41, 5.74) is 0. The summed E-state index contributed by atoms with van der Waals surface area (Å²) in [4.78, 5) is 14.0. The molecule has 0 aromatic heterocycles. The minimum absolute atomic E-state index is 0.0892. The molecule has 92 valence electrons. The Hall–Kier alpha value is -0.650. The number of nitrogens with zero attached hydrogens (tertiary/aromatic N) is 1. The third-order valence-corrected chi connectivity index (χ3v) is 3.49. The van der Waals surface area contributed by atoms with Gasteiger partial charge in [0.2, 0.25) is 5.91 Å². The lowest BCUT2D eigenvalue weighted by Crippen LogP contribution is -2.59. The maximum atomic E-state index is 12.1. The summed E-state index contributed by atoms with van der Waals surface area (Å²) in [7, 11) is 0. The van der Waals surface area contributed by atoms with Gasteiger partial charge in [-0.15, -0.1) is 0 Å². The molecule has 0 radical (unpaired) electrons. The van der Waals surface area contributed by atoms with E-state index in [9.17, 15) is 4.79 Å². The molecule has 1 amide bonds. The highest BCUT2D eigenvalue weighted by molar-refractivity contribution is 5.82. The molecule has 5 nitrogen and oxygen atoms in total. The average Bonchev–Trinajstić information content (AvgIpc) is 2.77. The number of hydrogen-bond acceptors (Lipinski definition) is 4. The van der Waals surface area contributed by atoms with Crippen LogP contribution in [0, 0.1) is 5.92 Å². The molecule has 2 fully saturated rings. The number of hydrogen-bond donors (Lipinski definition) is 3. The number of rotatable bonds is 2. The van der Waals surface area contributed by atoms with Gasteiger partial charge in [0.25, 0.3) is 0 Å². The van der Waals surface area contributed by atoms with E-state index in [1.165, 1.54) is 0 Å². The van der Waals surface area contributed by atoms with Gasteiger partial charge in [-0.25, -0.2) is 0 Å². The van der Waals surface area contributed by atoms with E-state index in [1.54, 1.807) is 0 Å². The largest absolute Gasteiger partial charge is 0.396 e. The maximum Gasteiger partial charge on any atom is 0.241 e. The topological polar surface area (TPSA) is 64.6 Å². The smallest absolute Gasteiger partial charge is 0.241 e.